The van der Waals surface area contributed by atoms with E-state index in [0.29, 0.717) is 40.8 Å². The molecule has 3 aromatic carbocycles. The van der Waals surface area contributed by atoms with Crippen LogP contribution >= 0.6 is 0 Å². The minimum Gasteiger partial charge on any atom is -0.460 e. The average molecular weight is 532 g/mol. The molecule has 4 rings (SSSR count). The van der Waals surface area contributed by atoms with Crippen LogP contribution in [0, 0.1) is 0 Å². The van der Waals surface area contributed by atoms with Gasteiger partial charge in [-0.1, -0.05) is 62.4 Å². The van der Waals surface area contributed by atoms with Crippen molar-refractivity contribution in [1.82, 2.24) is 14.6 Å². The number of nitrogens with zero attached hydrogens (tertiary/aromatic N) is 2. The highest BCUT2D eigenvalue weighted by Crippen LogP contribution is 2.25. The van der Waals surface area contributed by atoms with Crippen molar-refractivity contribution in [2.45, 2.75) is 18.7 Å². The molecule has 38 heavy (non-hydrogen) atoms. The highest BCUT2D eigenvalue weighted by atomic mass is 32.2. The number of benzene rings is 3. The van der Waals surface area contributed by atoms with E-state index in [1.54, 1.807) is 19.9 Å². The molecule has 0 aliphatic heterocycles. The first-order valence-corrected chi connectivity index (χ1v) is 13.8. The third-order valence-corrected chi connectivity index (χ3v) is 8.15. The molecule has 0 unspecified atom stereocenters. The summed E-state index contributed by atoms with van der Waals surface area (Å²) in [6.45, 7) is 4.34. The first-order valence-electron chi connectivity index (χ1n) is 12.4. The maximum absolute atomic E-state index is 13.0. The van der Waals surface area contributed by atoms with Crippen LogP contribution in [0.5, 0.6) is 0 Å². The van der Waals surface area contributed by atoms with Crippen LogP contribution in [0.25, 0.3) is 22.2 Å². The van der Waals surface area contributed by atoms with Crippen molar-refractivity contribution < 1.29 is 22.7 Å². The molecule has 196 valence electrons. The molecule has 4 aromatic rings. The van der Waals surface area contributed by atoms with Gasteiger partial charge in [0.25, 0.3) is 5.91 Å². The topological polar surface area (TPSA) is 106 Å². The summed E-state index contributed by atoms with van der Waals surface area (Å²) in [7, 11) is -3.60. The number of nitrogens with one attached hydrogen (secondary N) is 1. The molecule has 0 spiro atoms. The first kappa shape index (κ1) is 27.0. The van der Waals surface area contributed by atoms with Crippen LogP contribution in [0.3, 0.4) is 0 Å². The highest BCUT2D eigenvalue weighted by Gasteiger charge is 2.22. The molecule has 8 nitrogen and oxygen atoms in total. The van der Waals surface area contributed by atoms with Gasteiger partial charge in [-0.25, -0.2) is 18.2 Å². The van der Waals surface area contributed by atoms with E-state index in [9.17, 15) is 18.0 Å². The third kappa shape index (κ3) is 5.90. The van der Waals surface area contributed by atoms with Crippen LogP contribution in [0.4, 0.5) is 0 Å². The third-order valence-electron chi connectivity index (χ3n) is 6.09. The molecular formula is C29H29N3O5S. The quantitative estimate of drug-likeness (QED) is 0.238. The predicted octanol–water partition coefficient (Wildman–Crippen LogP) is 4.52. The molecule has 1 N–H and O–H groups in total. The fraction of sp³-hybridized carbons (Fsp3) is 0.207. The monoisotopic (exact) mass is 531 g/mol. The number of sulfonamides is 1. The van der Waals surface area contributed by atoms with Crippen molar-refractivity contribution in [1.29, 1.82) is 0 Å². The first-order chi connectivity index (χ1) is 18.3. The molecule has 0 aliphatic carbocycles. The summed E-state index contributed by atoms with van der Waals surface area (Å²) in [5.74, 6) is -0.908. The lowest BCUT2D eigenvalue weighted by molar-refractivity contribution is 0.0505. The van der Waals surface area contributed by atoms with E-state index >= 15 is 0 Å². The predicted molar refractivity (Wildman–Crippen MR) is 146 cm³/mol. The normalized spacial score (nSPS) is 11.4. The Labute approximate surface area is 222 Å². The summed E-state index contributed by atoms with van der Waals surface area (Å²) in [6, 6.07) is 24.4. The highest BCUT2D eigenvalue weighted by molar-refractivity contribution is 7.89. The van der Waals surface area contributed by atoms with E-state index in [4.69, 9.17) is 4.74 Å². The molecule has 9 heteroatoms. The number of aromatic nitrogens is 1. The Morgan fingerprint density at radius 2 is 1.55 bits per heavy atom. The number of amides is 1. The number of hydrogen-bond acceptors (Lipinski definition) is 6. The summed E-state index contributed by atoms with van der Waals surface area (Å²) in [5.41, 5.74) is 2.93. The van der Waals surface area contributed by atoms with Crippen LogP contribution in [-0.4, -0.2) is 55.8 Å². The molecule has 0 aliphatic rings. The average Bonchev–Trinajstić information content (AvgIpc) is 2.95. The Kier molecular flexibility index (Phi) is 8.50. The SMILES string of the molecule is CCN(CC)S(=O)(=O)c1ccc(C(=O)NCCOC(=O)c2cc(-c3ccccc3)nc3ccccc23)cc1. The van der Waals surface area contributed by atoms with E-state index in [1.807, 2.05) is 54.6 Å². The molecule has 0 fully saturated rings. The van der Waals surface area contributed by atoms with Crippen LogP contribution < -0.4 is 5.32 Å². The number of ether oxygens (including phenoxy) is 1. The van der Waals surface area contributed by atoms with Gasteiger partial charge in [0.15, 0.2) is 0 Å². The molecule has 0 atom stereocenters. The van der Waals surface area contributed by atoms with Crippen LogP contribution in [0.1, 0.15) is 34.6 Å². The van der Waals surface area contributed by atoms with Crippen molar-refractivity contribution in [3.05, 3.63) is 96.1 Å². The molecule has 1 amide bonds. The van der Waals surface area contributed by atoms with Crippen molar-refractivity contribution in [3.63, 3.8) is 0 Å². The second-order valence-electron chi connectivity index (χ2n) is 8.44. The van der Waals surface area contributed by atoms with Gasteiger partial charge in [0.1, 0.15) is 6.61 Å². The number of rotatable bonds is 10. The Morgan fingerprint density at radius 1 is 0.895 bits per heavy atom. The van der Waals surface area contributed by atoms with Gasteiger partial charge in [0, 0.05) is 29.6 Å². The summed E-state index contributed by atoms with van der Waals surface area (Å²) in [6.07, 6.45) is 0. The summed E-state index contributed by atoms with van der Waals surface area (Å²) < 4.78 is 32.1. The fourth-order valence-corrected chi connectivity index (χ4v) is 5.54. The maximum Gasteiger partial charge on any atom is 0.338 e. The fourth-order valence-electron chi connectivity index (χ4n) is 4.08. The van der Waals surface area contributed by atoms with Crippen molar-refractivity contribution in [3.8, 4) is 11.3 Å². The summed E-state index contributed by atoms with van der Waals surface area (Å²) in [5, 5.41) is 3.38. The van der Waals surface area contributed by atoms with E-state index in [1.165, 1.54) is 28.6 Å². The van der Waals surface area contributed by atoms with Crippen LogP contribution in [0.15, 0.2) is 89.8 Å². The maximum atomic E-state index is 13.0. The molecule has 0 bridgehead atoms. The molecule has 1 aromatic heterocycles. The molecular weight excluding hydrogens is 502 g/mol. The second-order valence-corrected chi connectivity index (χ2v) is 10.4. The van der Waals surface area contributed by atoms with Crippen LogP contribution in [-0.2, 0) is 14.8 Å². The Morgan fingerprint density at radius 3 is 2.24 bits per heavy atom. The smallest absolute Gasteiger partial charge is 0.338 e. The summed E-state index contributed by atoms with van der Waals surface area (Å²) in [4.78, 5) is 30.3. The molecule has 1 heterocycles. The Balaban J connectivity index is 1.39. The van der Waals surface area contributed by atoms with Gasteiger partial charge in [-0.05, 0) is 36.4 Å². The Hall–Kier alpha value is -4.08. The van der Waals surface area contributed by atoms with E-state index in [2.05, 4.69) is 10.3 Å². The van der Waals surface area contributed by atoms with Crippen molar-refractivity contribution in [2.24, 2.45) is 0 Å². The minimum atomic E-state index is -3.60. The van der Waals surface area contributed by atoms with Gasteiger partial charge in [-0.3, -0.25) is 4.79 Å². The zero-order valence-corrected chi connectivity index (χ0v) is 22.1. The zero-order valence-electron chi connectivity index (χ0n) is 21.3. The number of esters is 1. The number of hydrogen-bond donors (Lipinski definition) is 1. The van der Waals surface area contributed by atoms with Gasteiger partial charge >= 0.3 is 5.97 Å². The van der Waals surface area contributed by atoms with Crippen molar-refractivity contribution >= 4 is 32.8 Å². The van der Waals surface area contributed by atoms with E-state index in [0.717, 1.165) is 5.56 Å². The molecule has 0 radical (unpaired) electrons. The second kappa shape index (κ2) is 12.0. The van der Waals surface area contributed by atoms with Gasteiger partial charge < -0.3 is 10.1 Å². The standard InChI is InChI=1S/C29H29N3O5S/c1-3-32(4-2)38(35,36)23-16-14-22(15-17-23)28(33)30-18-19-37-29(34)25-20-27(21-10-6-5-7-11-21)31-26-13-9-8-12-24(25)26/h5-17,20H,3-4,18-19H2,1-2H3,(H,30,33). The Bertz CT molecular complexity index is 1530. The van der Waals surface area contributed by atoms with Gasteiger partial charge in [0.2, 0.25) is 10.0 Å². The number of carbonyl (C=O) groups is 2. The summed E-state index contributed by atoms with van der Waals surface area (Å²) >= 11 is 0. The van der Waals surface area contributed by atoms with Gasteiger partial charge in [-0.15, -0.1) is 0 Å². The number of carbonyl (C=O) groups excluding carboxylic acids is 2. The number of fused-ring (bicyclic) bond motifs is 1. The lowest BCUT2D eigenvalue weighted by Gasteiger charge is -2.18. The largest absolute Gasteiger partial charge is 0.460 e. The zero-order chi connectivity index (χ0) is 27.1. The number of para-hydroxylation sites is 1. The van der Waals surface area contributed by atoms with Gasteiger partial charge in [-0.2, -0.15) is 4.31 Å². The minimum absolute atomic E-state index is 0.0314. The van der Waals surface area contributed by atoms with E-state index in [-0.39, 0.29) is 18.0 Å². The van der Waals surface area contributed by atoms with Crippen molar-refractivity contribution in [2.75, 3.05) is 26.2 Å². The van der Waals surface area contributed by atoms with Gasteiger partial charge in [0.05, 0.1) is 28.2 Å². The lowest BCUT2D eigenvalue weighted by Crippen LogP contribution is -2.31. The van der Waals surface area contributed by atoms with E-state index < -0.39 is 21.9 Å². The number of pyridine rings is 1. The van der Waals surface area contributed by atoms with Crippen LogP contribution in [0.2, 0.25) is 0 Å². The molecule has 0 saturated heterocycles. The lowest BCUT2D eigenvalue weighted by atomic mass is 10.0. The molecule has 0 saturated carbocycles.